The van der Waals surface area contributed by atoms with E-state index >= 15 is 0 Å². The Morgan fingerprint density at radius 2 is 2.08 bits per heavy atom. The van der Waals surface area contributed by atoms with E-state index in [0.717, 1.165) is 18.1 Å². The number of hydrogen-bond donors (Lipinski definition) is 1. The lowest BCUT2D eigenvalue weighted by Crippen LogP contribution is -2.34. The highest BCUT2D eigenvalue weighted by Gasteiger charge is 2.29. The van der Waals surface area contributed by atoms with Gasteiger partial charge in [0.2, 0.25) is 0 Å². The third-order valence-corrected chi connectivity index (χ3v) is 6.63. The van der Waals surface area contributed by atoms with Crippen LogP contribution >= 0.6 is 22.7 Å². The molecule has 4 nitrogen and oxygen atoms in total. The summed E-state index contributed by atoms with van der Waals surface area (Å²) in [4.78, 5) is 17.6. The Bertz CT molecular complexity index is 847. The molecule has 1 amide bonds. The van der Waals surface area contributed by atoms with Crippen molar-refractivity contribution in [3.05, 3.63) is 63.1 Å². The number of anilines is 1. The number of aryl methyl sites for hydroxylation is 1. The van der Waals surface area contributed by atoms with Crippen molar-refractivity contribution < 1.29 is 9.21 Å². The third-order valence-electron chi connectivity index (χ3n) is 4.72. The first-order valence-corrected chi connectivity index (χ1v) is 10.6. The summed E-state index contributed by atoms with van der Waals surface area (Å²) in [6.07, 6.45) is 5.30. The highest BCUT2D eigenvalue weighted by Crippen LogP contribution is 2.41. The number of rotatable bonds is 5. The van der Waals surface area contributed by atoms with Crippen molar-refractivity contribution >= 4 is 33.6 Å². The van der Waals surface area contributed by atoms with E-state index in [4.69, 9.17) is 4.42 Å². The summed E-state index contributed by atoms with van der Waals surface area (Å²) in [5.41, 5.74) is 1.19. The molecule has 0 saturated carbocycles. The number of hydrogen-bond acceptors (Lipinski definition) is 5. The third kappa shape index (κ3) is 3.63. The smallest absolute Gasteiger partial charge is 0.291 e. The average molecular weight is 387 g/mol. The van der Waals surface area contributed by atoms with Crippen molar-refractivity contribution in [3.8, 4) is 0 Å². The van der Waals surface area contributed by atoms with Crippen molar-refractivity contribution in [1.29, 1.82) is 0 Å². The molecule has 0 aromatic carbocycles. The van der Waals surface area contributed by atoms with Crippen LogP contribution in [0.25, 0.3) is 0 Å². The highest BCUT2D eigenvalue weighted by atomic mass is 32.1. The van der Waals surface area contributed by atoms with Gasteiger partial charge in [0.1, 0.15) is 5.00 Å². The minimum atomic E-state index is -0.193. The van der Waals surface area contributed by atoms with Crippen molar-refractivity contribution in [2.24, 2.45) is 0 Å². The molecular weight excluding hydrogens is 364 g/mol. The number of nitrogens with one attached hydrogen (secondary N) is 1. The standard InChI is InChI=1S/C20H22N2O2S2/c1-14-13-15(20(26-14)21-19(23)16-7-5-11-24-16)18(17-8-6-12-25-17)22-9-3-2-4-10-22/h5-8,11-13,18H,2-4,9-10H2,1H3,(H,21,23). The number of thiophene rings is 2. The molecule has 4 heterocycles. The first kappa shape index (κ1) is 17.5. The molecule has 0 bridgehead atoms. The van der Waals surface area contributed by atoms with Gasteiger partial charge in [-0.2, -0.15) is 0 Å². The predicted octanol–water partition coefficient (Wildman–Crippen LogP) is 5.54. The number of carbonyl (C=O) groups excluding carboxylic acids is 1. The summed E-state index contributed by atoms with van der Waals surface area (Å²) in [5.74, 6) is 0.148. The zero-order valence-electron chi connectivity index (χ0n) is 14.7. The fourth-order valence-electron chi connectivity index (χ4n) is 3.56. The molecule has 0 aliphatic carbocycles. The quantitative estimate of drug-likeness (QED) is 0.626. The predicted molar refractivity (Wildman–Crippen MR) is 107 cm³/mol. The van der Waals surface area contributed by atoms with Crippen LogP contribution in [0.1, 0.15) is 51.2 Å². The SMILES string of the molecule is Cc1cc(C(c2cccs2)N2CCCCC2)c(NC(=O)c2ccco2)s1. The van der Waals surface area contributed by atoms with E-state index in [1.54, 1.807) is 34.8 Å². The van der Waals surface area contributed by atoms with Crippen LogP contribution in [0.2, 0.25) is 0 Å². The van der Waals surface area contributed by atoms with E-state index in [9.17, 15) is 4.79 Å². The number of piperidine rings is 1. The maximum atomic E-state index is 12.5. The molecule has 4 rings (SSSR count). The number of amides is 1. The Hall–Kier alpha value is -1.89. The van der Waals surface area contributed by atoms with Gasteiger partial charge in [-0.1, -0.05) is 12.5 Å². The summed E-state index contributed by atoms with van der Waals surface area (Å²) in [7, 11) is 0. The first-order chi connectivity index (χ1) is 12.7. The molecule has 0 radical (unpaired) electrons. The van der Waals surface area contributed by atoms with Crippen molar-refractivity contribution in [2.45, 2.75) is 32.2 Å². The van der Waals surface area contributed by atoms with Gasteiger partial charge in [0.25, 0.3) is 5.91 Å². The van der Waals surface area contributed by atoms with Crippen LogP contribution in [-0.4, -0.2) is 23.9 Å². The molecule has 1 unspecified atom stereocenters. The van der Waals surface area contributed by atoms with Crippen LogP contribution in [0.15, 0.2) is 46.4 Å². The Labute approximate surface area is 161 Å². The summed E-state index contributed by atoms with van der Waals surface area (Å²) in [6.45, 7) is 4.30. The fourth-order valence-corrected chi connectivity index (χ4v) is 5.38. The van der Waals surface area contributed by atoms with E-state index in [-0.39, 0.29) is 11.9 Å². The van der Waals surface area contributed by atoms with E-state index in [0.29, 0.717) is 5.76 Å². The van der Waals surface area contributed by atoms with Gasteiger partial charge in [0.05, 0.1) is 12.3 Å². The molecular formula is C20H22N2O2S2. The molecule has 3 aromatic rings. The fraction of sp³-hybridized carbons (Fsp3) is 0.350. The Morgan fingerprint density at radius 3 is 2.77 bits per heavy atom. The number of likely N-dealkylation sites (tertiary alicyclic amines) is 1. The lowest BCUT2D eigenvalue weighted by molar-refractivity contribution is 0.0996. The van der Waals surface area contributed by atoms with Crippen LogP contribution in [0.3, 0.4) is 0 Å². The number of nitrogens with zero attached hydrogens (tertiary/aromatic N) is 1. The van der Waals surface area contributed by atoms with Crippen LogP contribution in [0.4, 0.5) is 5.00 Å². The second-order valence-electron chi connectivity index (χ2n) is 6.59. The van der Waals surface area contributed by atoms with E-state index in [2.05, 4.69) is 40.7 Å². The van der Waals surface area contributed by atoms with Crippen molar-refractivity contribution in [2.75, 3.05) is 18.4 Å². The summed E-state index contributed by atoms with van der Waals surface area (Å²) < 4.78 is 5.25. The minimum absolute atomic E-state index is 0.193. The zero-order valence-corrected chi connectivity index (χ0v) is 16.4. The molecule has 0 spiro atoms. The average Bonchev–Trinajstić information content (AvgIpc) is 3.39. The molecule has 136 valence electrons. The molecule has 3 aromatic heterocycles. The first-order valence-electron chi connectivity index (χ1n) is 8.95. The Kier molecular flexibility index (Phi) is 5.24. The molecule has 1 N–H and O–H groups in total. The highest BCUT2D eigenvalue weighted by molar-refractivity contribution is 7.16. The lowest BCUT2D eigenvalue weighted by Gasteiger charge is -2.34. The van der Waals surface area contributed by atoms with E-state index in [1.165, 1.54) is 40.8 Å². The number of furan rings is 1. The monoisotopic (exact) mass is 386 g/mol. The van der Waals surface area contributed by atoms with Gasteiger partial charge >= 0.3 is 0 Å². The van der Waals surface area contributed by atoms with Gasteiger partial charge in [-0.3, -0.25) is 9.69 Å². The minimum Gasteiger partial charge on any atom is -0.459 e. The molecule has 6 heteroatoms. The maximum absolute atomic E-state index is 12.5. The zero-order chi connectivity index (χ0) is 17.9. The number of carbonyl (C=O) groups is 1. The molecule has 1 saturated heterocycles. The molecule has 26 heavy (non-hydrogen) atoms. The molecule has 1 fully saturated rings. The molecule has 1 aliphatic heterocycles. The summed E-state index contributed by atoms with van der Waals surface area (Å²) in [6, 6.07) is 10.2. The summed E-state index contributed by atoms with van der Waals surface area (Å²) >= 11 is 3.42. The summed E-state index contributed by atoms with van der Waals surface area (Å²) in [5, 5.41) is 6.13. The van der Waals surface area contributed by atoms with Crippen LogP contribution < -0.4 is 5.32 Å². The van der Waals surface area contributed by atoms with Gasteiger partial charge in [-0.15, -0.1) is 22.7 Å². The van der Waals surface area contributed by atoms with Gasteiger partial charge < -0.3 is 9.73 Å². The van der Waals surface area contributed by atoms with Gasteiger partial charge in [0, 0.05) is 15.3 Å². The van der Waals surface area contributed by atoms with Gasteiger partial charge in [0.15, 0.2) is 5.76 Å². The largest absolute Gasteiger partial charge is 0.459 e. The van der Waals surface area contributed by atoms with Crippen LogP contribution in [0.5, 0.6) is 0 Å². The topological polar surface area (TPSA) is 45.5 Å². The molecule has 1 atom stereocenters. The second-order valence-corrected chi connectivity index (χ2v) is 8.82. The van der Waals surface area contributed by atoms with E-state index < -0.39 is 0 Å². The lowest BCUT2D eigenvalue weighted by atomic mass is 10.0. The van der Waals surface area contributed by atoms with Crippen molar-refractivity contribution in [1.82, 2.24) is 4.90 Å². The van der Waals surface area contributed by atoms with Gasteiger partial charge in [-0.25, -0.2) is 0 Å². The maximum Gasteiger partial charge on any atom is 0.291 e. The Morgan fingerprint density at radius 1 is 1.23 bits per heavy atom. The van der Waals surface area contributed by atoms with E-state index in [1.807, 2.05) is 0 Å². The normalized spacial score (nSPS) is 16.5. The van der Waals surface area contributed by atoms with Crippen LogP contribution in [0, 0.1) is 6.92 Å². The van der Waals surface area contributed by atoms with Crippen molar-refractivity contribution in [3.63, 3.8) is 0 Å². The van der Waals surface area contributed by atoms with Crippen LogP contribution in [-0.2, 0) is 0 Å². The molecule has 1 aliphatic rings. The second kappa shape index (κ2) is 7.78. The van der Waals surface area contributed by atoms with Gasteiger partial charge in [-0.05, 0) is 62.5 Å². The Balaban J connectivity index is 1.68.